The number of esters is 1. The predicted molar refractivity (Wildman–Crippen MR) is 96.5 cm³/mol. The molecule has 138 valence electrons. The Bertz CT molecular complexity index is 923. The van der Waals surface area contributed by atoms with E-state index >= 15 is 0 Å². The molecule has 0 aliphatic heterocycles. The Morgan fingerprint density at radius 1 is 1.19 bits per heavy atom. The van der Waals surface area contributed by atoms with E-state index in [0.717, 1.165) is 18.7 Å². The number of hydrogen-bond acceptors (Lipinski definition) is 7. The average Bonchev–Trinajstić information content (AvgIpc) is 2.59. The second kappa shape index (κ2) is 7.96. The minimum absolute atomic E-state index is 0.135. The molecule has 2 aromatic rings. The van der Waals surface area contributed by atoms with Crippen LogP contribution in [0.2, 0.25) is 0 Å². The molecule has 2 aromatic carbocycles. The molecule has 0 heterocycles. The lowest BCUT2D eigenvalue weighted by Crippen LogP contribution is -2.06. The summed E-state index contributed by atoms with van der Waals surface area (Å²) in [6.07, 6.45) is 1.70. The molecule has 0 aliphatic carbocycles. The predicted octanol–water partition coefficient (Wildman–Crippen LogP) is 3.31. The minimum atomic E-state index is -3.55. The number of nitro benzene ring substituents is 1. The first kappa shape index (κ1) is 19.4. The highest BCUT2D eigenvalue weighted by Gasteiger charge is 2.19. The van der Waals surface area contributed by atoms with Crippen molar-refractivity contribution in [3.63, 3.8) is 0 Å². The van der Waals surface area contributed by atoms with Gasteiger partial charge in [-0.15, -0.1) is 0 Å². The molecule has 8 nitrogen and oxygen atoms in total. The van der Waals surface area contributed by atoms with Crippen LogP contribution >= 0.6 is 0 Å². The Kier molecular flexibility index (Phi) is 5.93. The van der Waals surface area contributed by atoms with Gasteiger partial charge in [0.25, 0.3) is 5.69 Å². The molecular weight excluding hydrogens is 360 g/mol. The number of ether oxygens (including phenoxy) is 1. The topological polar surface area (TPSA) is 116 Å². The van der Waals surface area contributed by atoms with Gasteiger partial charge in [0.1, 0.15) is 5.69 Å². The van der Waals surface area contributed by atoms with E-state index in [9.17, 15) is 23.3 Å². The van der Waals surface area contributed by atoms with Gasteiger partial charge in [-0.3, -0.25) is 10.1 Å². The molecule has 0 bridgehead atoms. The number of hydrogen-bond donors (Lipinski definition) is 1. The molecule has 0 aromatic heterocycles. The zero-order valence-electron chi connectivity index (χ0n) is 14.3. The van der Waals surface area contributed by atoms with Crippen LogP contribution in [0.5, 0.6) is 0 Å². The summed E-state index contributed by atoms with van der Waals surface area (Å²) in [5.74, 6) is -0.443. The number of rotatable bonds is 7. The van der Waals surface area contributed by atoms with Gasteiger partial charge in [-0.05, 0) is 42.8 Å². The molecule has 9 heteroatoms. The van der Waals surface area contributed by atoms with Crippen LogP contribution in [0, 0.1) is 10.1 Å². The molecule has 0 unspecified atom stereocenters. The summed E-state index contributed by atoms with van der Waals surface area (Å²) in [4.78, 5) is 22.2. The molecule has 0 saturated carbocycles. The van der Waals surface area contributed by atoms with Gasteiger partial charge in [0.05, 0.1) is 22.0 Å². The van der Waals surface area contributed by atoms with Crippen molar-refractivity contribution < 1.29 is 22.9 Å². The van der Waals surface area contributed by atoms with E-state index in [1.54, 1.807) is 12.1 Å². The number of carbonyl (C=O) groups is 1. The van der Waals surface area contributed by atoms with Gasteiger partial charge in [0.2, 0.25) is 0 Å². The summed E-state index contributed by atoms with van der Waals surface area (Å²) in [5.41, 5.74) is 0.654. The third-order valence-corrected chi connectivity index (χ3v) is 4.54. The SMILES string of the molecule is CCCOC(=O)c1ccc(Nc2ccc(S(C)(=O)=O)cc2[N+](=O)[O-])cc1. The molecule has 0 fully saturated rings. The lowest BCUT2D eigenvalue weighted by atomic mass is 10.2. The summed E-state index contributed by atoms with van der Waals surface area (Å²) in [5, 5.41) is 14.1. The molecule has 1 N–H and O–H groups in total. The second-order valence-electron chi connectivity index (χ2n) is 5.55. The van der Waals surface area contributed by atoms with Crippen molar-refractivity contribution in [3.8, 4) is 0 Å². The smallest absolute Gasteiger partial charge is 0.338 e. The molecule has 0 aliphatic rings. The maximum Gasteiger partial charge on any atom is 0.338 e. The first-order chi connectivity index (χ1) is 12.2. The number of nitro groups is 1. The fourth-order valence-electron chi connectivity index (χ4n) is 2.12. The third kappa shape index (κ3) is 4.79. The van der Waals surface area contributed by atoms with Crippen molar-refractivity contribution in [2.24, 2.45) is 0 Å². The van der Waals surface area contributed by atoms with Crippen LogP contribution in [0.4, 0.5) is 17.1 Å². The number of nitrogens with zero attached hydrogens (tertiary/aromatic N) is 1. The zero-order valence-corrected chi connectivity index (χ0v) is 15.1. The lowest BCUT2D eigenvalue weighted by molar-refractivity contribution is -0.384. The number of nitrogens with one attached hydrogen (secondary N) is 1. The first-order valence-electron chi connectivity index (χ1n) is 7.75. The van der Waals surface area contributed by atoms with Gasteiger partial charge in [0, 0.05) is 18.0 Å². The van der Waals surface area contributed by atoms with Crippen LogP contribution in [-0.4, -0.2) is 32.2 Å². The van der Waals surface area contributed by atoms with Crippen LogP contribution in [0.15, 0.2) is 47.4 Å². The maximum atomic E-state index is 11.8. The largest absolute Gasteiger partial charge is 0.462 e. The van der Waals surface area contributed by atoms with Crippen molar-refractivity contribution >= 4 is 32.9 Å². The summed E-state index contributed by atoms with van der Waals surface area (Å²) in [6, 6.07) is 9.87. The maximum absolute atomic E-state index is 11.8. The van der Waals surface area contributed by atoms with Gasteiger partial charge in [-0.1, -0.05) is 6.92 Å². The zero-order chi connectivity index (χ0) is 19.3. The lowest BCUT2D eigenvalue weighted by Gasteiger charge is -2.09. The molecule has 0 radical (unpaired) electrons. The van der Waals surface area contributed by atoms with E-state index in [0.29, 0.717) is 17.9 Å². The molecule has 0 spiro atoms. The molecule has 26 heavy (non-hydrogen) atoms. The van der Waals surface area contributed by atoms with Crippen molar-refractivity contribution in [3.05, 3.63) is 58.1 Å². The molecule has 0 amide bonds. The number of benzene rings is 2. The Hall–Kier alpha value is -2.94. The summed E-state index contributed by atoms with van der Waals surface area (Å²) < 4.78 is 28.2. The third-order valence-electron chi connectivity index (χ3n) is 3.43. The molecule has 0 atom stereocenters. The second-order valence-corrected chi connectivity index (χ2v) is 7.56. The molecule has 0 saturated heterocycles. The number of sulfone groups is 1. The fraction of sp³-hybridized carbons (Fsp3) is 0.235. The Morgan fingerprint density at radius 3 is 2.38 bits per heavy atom. The highest BCUT2D eigenvalue weighted by atomic mass is 32.2. The normalized spacial score (nSPS) is 11.0. The summed E-state index contributed by atoms with van der Waals surface area (Å²) in [7, 11) is -3.55. The van der Waals surface area contributed by atoms with Gasteiger partial charge in [-0.25, -0.2) is 13.2 Å². The van der Waals surface area contributed by atoms with E-state index < -0.39 is 20.7 Å². The average molecular weight is 378 g/mol. The quantitative estimate of drug-likeness (QED) is 0.446. The van der Waals surface area contributed by atoms with Gasteiger partial charge >= 0.3 is 5.97 Å². The van der Waals surface area contributed by atoms with E-state index in [1.807, 2.05) is 6.92 Å². The van der Waals surface area contributed by atoms with Crippen molar-refractivity contribution in [2.45, 2.75) is 18.2 Å². The first-order valence-corrected chi connectivity index (χ1v) is 9.64. The summed E-state index contributed by atoms with van der Waals surface area (Å²) in [6.45, 7) is 2.22. The van der Waals surface area contributed by atoms with Crippen molar-refractivity contribution in [1.29, 1.82) is 0 Å². The number of anilines is 2. The van der Waals surface area contributed by atoms with Crippen molar-refractivity contribution in [2.75, 3.05) is 18.2 Å². The molecular formula is C17H18N2O6S. The van der Waals surface area contributed by atoms with Gasteiger partial charge in [-0.2, -0.15) is 0 Å². The van der Waals surface area contributed by atoms with E-state index in [-0.39, 0.29) is 16.3 Å². The van der Waals surface area contributed by atoms with E-state index in [2.05, 4.69) is 5.32 Å². The Balaban J connectivity index is 2.25. The van der Waals surface area contributed by atoms with Crippen molar-refractivity contribution in [1.82, 2.24) is 0 Å². The fourth-order valence-corrected chi connectivity index (χ4v) is 2.76. The van der Waals surface area contributed by atoms with E-state index in [4.69, 9.17) is 4.74 Å². The highest BCUT2D eigenvalue weighted by molar-refractivity contribution is 7.90. The minimum Gasteiger partial charge on any atom is -0.462 e. The van der Waals surface area contributed by atoms with Crippen LogP contribution in [0.3, 0.4) is 0 Å². The summed E-state index contributed by atoms with van der Waals surface area (Å²) >= 11 is 0. The van der Waals surface area contributed by atoms with Gasteiger partial charge < -0.3 is 10.1 Å². The highest BCUT2D eigenvalue weighted by Crippen LogP contribution is 2.30. The van der Waals surface area contributed by atoms with Gasteiger partial charge in [0.15, 0.2) is 9.84 Å². The van der Waals surface area contributed by atoms with Crippen LogP contribution in [0.25, 0.3) is 0 Å². The molecule has 2 rings (SSSR count). The standard InChI is InChI=1S/C17H18N2O6S/c1-3-10-25-17(20)12-4-6-13(7-5-12)18-15-9-8-14(26(2,23)24)11-16(15)19(21)22/h4-9,11,18H,3,10H2,1-2H3. The monoisotopic (exact) mass is 378 g/mol. The van der Waals surface area contributed by atoms with Crippen LogP contribution in [0.1, 0.15) is 23.7 Å². The Morgan fingerprint density at radius 2 is 1.85 bits per heavy atom. The number of carbonyl (C=O) groups excluding carboxylic acids is 1. The van der Waals surface area contributed by atoms with Crippen LogP contribution < -0.4 is 5.32 Å². The van der Waals surface area contributed by atoms with E-state index in [1.165, 1.54) is 24.3 Å². The Labute approximate surface area is 150 Å². The van der Waals surface area contributed by atoms with Crippen LogP contribution in [-0.2, 0) is 14.6 Å².